The number of aromatic amines is 1. The number of fused-ring (bicyclic) bond motifs is 1. The van der Waals surface area contributed by atoms with Gasteiger partial charge < -0.3 is 15.2 Å². The first-order valence-electron chi connectivity index (χ1n) is 9.79. The Morgan fingerprint density at radius 1 is 1.16 bits per heavy atom. The van der Waals surface area contributed by atoms with Gasteiger partial charge >= 0.3 is 5.97 Å². The van der Waals surface area contributed by atoms with Crippen molar-refractivity contribution in [1.82, 2.24) is 9.97 Å². The quantitative estimate of drug-likeness (QED) is 0.579. The summed E-state index contributed by atoms with van der Waals surface area (Å²) in [6.45, 7) is 5.31. The topological polar surface area (TPSA) is 124 Å². The van der Waals surface area contributed by atoms with Crippen molar-refractivity contribution in [3.05, 3.63) is 70.5 Å². The third-order valence-electron chi connectivity index (χ3n) is 5.30. The second-order valence-electron chi connectivity index (χ2n) is 7.87. The molecule has 1 aromatic heterocycles. The number of aliphatic hydroxyl groups excluding tert-OH is 1. The van der Waals surface area contributed by atoms with Crippen molar-refractivity contribution >= 4 is 34.6 Å². The van der Waals surface area contributed by atoms with E-state index in [1.807, 2.05) is 25.1 Å². The molecular weight excluding hydrogens is 398 g/mol. The third kappa shape index (κ3) is 3.35. The lowest BCUT2D eigenvalue weighted by Crippen LogP contribution is -2.32. The number of H-pyrrole nitrogens is 1. The molecule has 2 aromatic carbocycles. The highest BCUT2D eigenvalue weighted by molar-refractivity contribution is 6.16. The maximum Gasteiger partial charge on any atom is 0.335 e. The predicted molar refractivity (Wildman–Crippen MR) is 114 cm³/mol. The second kappa shape index (κ2) is 7.39. The number of hydrogen-bond donors (Lipinski definition) is 3. The summed E-state index contributed by atoms with van der Waals surface area (Å²) in [5.41, 5.74) is 2.57. The molecule has 0 saturated heterocycles. The molecule has 1 aliphatic rings. The Labute approximate surface area is 177 Å². The van der Waals surface area contributed by atoms with E-state index in [1.54, 1.807) is 19.9 Å². The van der Waals surface area contributed by atoms with Crippen LogP contribution in [0.1, 0.15) is 41.4 Å². The lowest BCUT2D eigenvalue weighted by molar-refractivity contribution is -0.119. The molecule has 8 heteroatoms. The largest absolute Gasteiger partial charge is 0.503 e. The maximum atomic E-state index is 13.1. The number of hydrogen-bond acceptors (Lipinski definition) is 5. The summed E-state index contributed by atoms with van der Waals surface area (Å²) in [5.74, 6) is -3.07. The molecule has 0 saturated carbocycles. The van der Waals surface area contributed by atoms with E-state index in [0.29, 0.717) is 16.6 Å². The molecule has 158 valence electrons. The summed E-state index contributed by atoms with van der Waals surface area (Å²) in [6.07, 6.45) is 0. The van der Waals surface area contributed by atoms with Crippen LogP contribution in [-0.2, 0) is 9.59 Å². The molecule has 1 aliphatic heterocycles. The molecule has 3 aromatic rings. The van der Waals surface area contributed by atoms with Gasteiger partial charge in [-0.05, 0) is 30.7 Å². The fourth-order valence-electron chi connectivity index (χ4n) is 3.79. The van der Waals surface area contributed by atoms with Crippen molar-refractivity contribution < 1.29 is 24.6 Å². The van der Waals surface area contributed by atoms with E-state index < -0.39 is 29.6 Å². The number of amides is 1. The normalized spacial score (nSPS) is 16.6. The number of aromatic carboxylic acids is 1. The van der Waals surface area contributed by atoms with Gasteiger partial charge in [0.15, 0.2) is 11.5 Å². The number of aliphatic hydroxyl groups is 1. The van der Waals surface area contributed by atoms with Gasteiger partial charge in [-0.15, -0.1) is 0 Å². The summed E-state index contributed by atoms with van der Waals surface area (Å²) >= 11 is 0. The van der Waals surface area contributed by atoms with Crippen LogP contribution in [0, 0.1) is 12.8 Å². The number of anilines is 1. The molecular formula is C23H21N3O5. The first-order valence-corrected chi connectivity index (χ1v) is 9.79. The van der Waals surface area contributed by atoms with Gasteiger partial charge in [-0.3, -0.25) is 14.5 Å². The fraction of sp³-hybridized carbons (Fsp3) is 0.217. The number of aromatic nitrogens is 2. The summed E-state index contributed by atoms with van der Waals surface area (Å²) < 4.78 is 0. The van der Waals surface area contributed by atoms with Crippen molar-refractivity contribution in [2.75, 3.05) is 4.90 Å². The smallest absolute Gasteiger partial charge is 0.335 e. The number of Topliss-reactive ketones (excluding diaryl/α,β-unsaturated/α-hetero) is 1. The zero-order valence-corrected chi connectivity index (χ0v) is 17.2. The molecule has 0 aliphatic carbocycles. The zero-order valence-electron chi connectivity index (χ0n) is 17.2. The van der Waals surface area contributed by atoms with Crippen LogP contribution in [0.5, 0.6) is 0 Å². The van der Waals surface area contributed by atoms with Crippen LogP contribution in [0.25, 0.3) is 11.0 Å². The monoisotopic (exact) mass is 419 g/mol. The zero-order chi connectivity index (χ0) is 22.4. The van der Waals surface area contributed by atoms with Crippen LogP contribution < -0.4 is 4.90 Å². The van der Waals surface area contributed by atoms with Gasteiger partial charge in [0.2, 0.25) is 5.95 Å². The number of rotatable bonds is 5. The van der Waals surface area contributed by atoms with Crippen molar-refractivity contribution in [1.29, 1.82) is 0 Å². The Bertz CT molecular complexity index is 1270. The van der Waals surface area contributed by atoms with E-state index in [-0.39, 0.29) is 22.9 Å². The van der Waals surface area contributed by atoms with E-state index in [1.165, 1.54) is 23.1 Å². The number of aryl methyl sites for hydroxylation is 1. The SMILES string of the molecule is Cc1cccc(C2C(C(=O)C(C)C)=C(O)C(=O)N2c2nc3ccc(C(=O)O)cc3[nH]2)c1. The Morgan fingerprint density at radius 2 is 1.90 bits per heavy atom. The summed E-state index contributed by atoms with van der Waals surface area (Å²) in [4.78, 5) is 45.9. The molecule has 1 unspecified atom stereocenters. The van der Waals surface area contributed by atoms with Gasteiger partial charge in [0.1, 0.15) is 0 Å². The minimum absolute atomic E-state index is 0.0253. The Morgan fingerprint density at radius 3 is 2.55 bits per heavy atom. The number of carbonyl (C=O) groups is 3. The molecule has 8 nitrogen and oxygen atoms in total. The first-order chi connectivity index (χ1) is 14.7. The first kappa shape index (κ1) is 20.3. The Hall–Kier alpha value is -3.94. The van der Waals surface area contributed by atoms with E-state index in [2.05, 4.69) is 9.97 Å². The summed E-state index contributed by atoms with van der Waals surface area (Å²) in [7, 11) is 0. The molecule has 31 heavy (non-hydrogen) atoms. The number of carboxylic acid groups (broad SMARTS) is 1. The van der Waals surface area contributed by atoms with Crippen LogP contribution in [0.2, 0.25) is 0 Å². The minimum Gasteiger partial charge on any atom is -0.503 e. The van der Waals surface area contributed by atoms with Gasteiger partial charge in [0.05, 0.1) is 28.2 Å². The van der Waals surface area contributed by atoms with Crippen molar-refractivity contribution in [2.45, 2.75) is 26.8 Å². The van der Waals surface area contributed by atoms with Gasteiger partial charge in [0.25, 0.3) is 5.91 Å². The van der Waals surface area contributed by atoms with Crippen LogP contribution in [0.3, 0.4) is 0 Å². The highest BCUT2D eigenvalue weighted by Gasteiger charge is 2.46. The Kier molecular flexibility index (Phi) is 4.85. The van der Waals surface area contributed by atoms with Gasteiger partial charge in [0, 0.05) is 5.92 Å². The minimum atomic E-state index is -1.09. The maximum absolute atomic E-state index is 13.1. The van der Waals surface area contributed by atoms with Crippen molar-refractivity contribution in [3.63, 3.8) is 0 Å². The summed E-state index contributed by atoms with van der Waals surface area (Å²) in [5, 5.41) is 19.9. The molecule has 0 bridgehead atoms. The molecule has 0 fully saturated rings. The van der Waals surface area contributed by atoms with Gasteiger partial charge in [-0.2, -0.15) is 0 Å². The third-order valence-corrected chi connectivity index (χ3v) is 5.30. The van der Waals surface area contributed by atoms with E-state index in [0.717, 1.165) is 5.56 Å². The molecule has 0 radical (unpaired) electrons. The van der Waals surface area contributed by atoms with Gasteiger partial charge in [-0.25, -0.2) is 9.78 Å². The van der Waals surface area contributed by atoms with E-state index in [9.17, 15) is 24.6 Å². The lowest BCUT2D eigenvalue weighted by atomic mass is 9.91. The highest BCUT2D eigenvalue weighted by atomic mass is 16.4. The molecule has 1 atom stereocenters. The standard InChI is InChI=1S/C23H21N3O5/c1-11(2)19(27)17-18(13-6-4-5-12(3)9-13)26(21(29)20(17)28)23-24-15-8-7-14(22(30)31)10-16(15)25-23/h4-11,18,28H,1-3H3,(H,24,25)(H,30,31). The van der Waals surface area contributed by atoms with Crippen molar-refractivity contribution in [3.8, 4) is 0 Å². The number of ketones is 1. The molecule has 2 heterocycles. The number of carboxylic acids is 1. The number of imidazole rings is 1. The lowest BCUT2D eigenvalue weighted by Gasteiger charge is -2.25. The second-order valence-corrected chi connectivity index (χ2v) is 7.87. The van der Waals surface area contributed by atoms with E-state index in [4.69, 9.17) is 0 Å². The number of carbonyl (C=O) groups excluding carboxylic acids is 2. The Balaban J connectivity index is 1.89. The average molecular weight is 419 g/mol. The number of nitrogens with one attached hydrogen (secondary N) is 1. The van der Waals surface area contributed by atoms with Crippen LogP contribution in [0.15, 0.2) is 53.8 Å². The number of benzene rings is 2. The molecule has 3 N–H and O–H groups in total. The fourth-order valence-corrected chi connectivity index (χ4v) is 3.79. The average Bonchev–Trinajstić information content (AvgIpc) is 3.25. The molecule has 0 spiro atoms. The predicted octanol–water partition coefficient (Wildman–Crippen LogP) is 3.69. The van der Waals surface area contributed by atoms with Crippen LogP contribution in [-0.4, -0.2) is 37.8 Å². The molecule has 4 rings (SSSR count). The van der Waals surface area contributed by atoms with Gasteiger partial charge in [-0.1, -0.05) is 43.7 Å². The molecule has 1 amide bonds. The van der Waals surface area contributed by atoms with Crippen LogP contribution in [0.4, 0.5) is 5.95 Å². The number of nitrogens with zero attached hydrogens (tertiary/aromatic N) is 2. The summed E-state index contributed by atoms with van der Waals surface area (Å²) in [6, 6.07) is 10.9. The van der Waals surface area contributed by atoms with Crippen molar-refractivity contribution in [2.24, 2.45) is 5.92 Å². The highest BCUT2D eigenvalue weighted by Crippen LogP contribution is 2.41. The van der Waals surface area contributed by atoms with Crippen LogP contribution >= 0.6 is 0 Å². The van der Waals surface area contributed by atoms with E-state index >= 15 is 0 Å².